The average molecular weight is 381 g/mol. The minimum absolute atomic E-state index is 0. The molecule has 142 valence electrons. The first-order valence-electron chi connectivity index (χ1n) is 7.89. The van der Waals surface area contributed by atoms with Crippen LogP contribution in [0.1, 0.15) is 12.8 Å². The van der Waals surface area contributed by atoms with Crippen LogP contribution in [-0.4, -0.2) is 73.6 Å². The Morgan fingerprint density at radius 3 is 2.72 bits per heavy atom. The van der Waals surface area contributed by atoms with Crippen LogP contribution in [0.15, 0.2) is 0 Å². The first-order valence-corrected chi connectivity index (χ1v) is 7.89. The fourth-order valence-corrected chi connectivity index (χ4v) is 3.25. The topological polar surface area (TPSA) is 141 Å². The highest BCUT2D eigenvalue weighted by atomic mass is 35.5. The Hall–Kier alpha value is -1.69. The second kappa shape index (κ2) is 8.61. The summed E-state index contributed by atoms with van der Waals surface area (Å²) in [5.41, 5.74) is 0. The molecule has 3 fully saturated rings. The Balaban J connectivity index is 0.00000225. The van der Waals surface area contributed by atoms with Crippen LogP contribution < -0.4 is 16.0 Å². The maximum absolute atomic E-state index is 12.0. The molecular weight excluding hydrogens is 360 g/mol. The minimum Gasteiger partial charge on any atom is -0.371 e. The second-order valence-corrected chi connectivity index (χ2v) is 6.00. The van der Waals surface area contributed by atoms with Gasteiger partial charge in [-0.15, -0.1) is 22.5 Å². The molecule has 0 aromatic carbocycles. The van der Waals surface area contributed by atoms with Crippen molar-refractivity contribution in [2.75, 3.05) is 26.3 Å². The van der Waals surface area contributed by atoms with E-state index < -0.39 is 29.4 Å². The van der Waals surface area contributed by atoms with Gasteiger partial charge in [-0.2, -0.15) is 0 Å². The third kappa shape index (κ3) is 4.69. The van der Waals surface area contributed by atoms with Crippen LogP contribution in [0.5, 0.6) is 0 Å². The molecule has 0 unspecified atom stereocenters. The number of halogens is 1. The molecule has 0 bridgehead atoms. The van der Waals surface area contributed by atoms with E-state index in [4.69, 9.17) is 9.47 Å². The summed E-state index contributed by atoms with van der Waals surface area (Å²) in [5.74, 6) is -0.558. The molecule has 0 aliphatic carbocycles. The molecule has 3 N–H and O–H groups in total. The summed E-state index contributed by atoms with van der Waals surface area (Å²) in [7, 11) is 0. The summed E-state index contributed by atoms with van der Waals surface area (Å²) in [6.07, 6.45) is -0.166. The summed E-state index contributed by atoms with van der Waals surface area (Å²) in [6, 6.07) is -0.667. The van der Waals surface area contributed by atoms with E-state index in [1.165, 1.54) is 0 Å². The lowest BCUT2D eigenvalue weighted by Crippen LogP contribution is -2.49. The van der Waals surface area contributed by atoms with E-state index in [1.807, 2.05) is 0 Å². The number of carbonyl (C=O) groups excluding carboxylic acids is 2. The van der Waals surface area contributed by atoms with Crippen molar-refractivity contribution in [3.63, 3.8) is 0 Å². The summed E-state index contributed by atoms with van der Waals surface area (Å²) >= 11 is 0. The van der Waals surface area contributed by atoms with Gasteiger partial charge in [-0.1, -0.05) is 0 Å². The van der Waals surface area contributed by atoms with Gasteiger partial charge in [0, 0.05) is 0 Å². The van der Waals surface area contributed by atoms with Crippen LogP contribution in [0, 0.1) is 10.1 Å². The Morgan fingerprint density at radius 1 is 1.28 bits per heavy atom. The van der Waals surface area contributed by atoms with Crippen molar-refractivity contribution < 1.29 is 29.0 Å². The number of nitrogens with zero attached hydrogens (tertiary/aromatic N) is 1. The lowest BCUT2D eigenvalue weighted by atomic mass is 10.1. The number of carbonyl (C=O) groups is 2. The van der Waals surface area contributed by atoms with Crippen molar-refractivity contribution in [1.82, 2.24) is 16.0 Å². The smallest absolute Gasteiger partial charge is 0.294 e. The Morgan fingerprint density at radius 2 is 2.04 bits per heavy atom. The summed E-state index contributed by atoms with van der Waals surface area (Å²) < 4.78 is 10.9. The normalized spacial score (nSPS) is 33.2. The monoisotopic (exact) mass is 380 g/mol. The van der Waals surface area contributed by atoms with Gasteiger partial charge in [0.1, 0.15) is 12.2 Å². The molecule has 12 heteroatoms. The summed E-state index contributed by atoms with van der Waals surface area (Å²) in [4.78, 5) is 38.7. The molecule has 25 heavy (non-hydrogen) atoms. The van der Waals surface area contributed by atoms with E-state index in [1.54, 1.807) is 0 Å². The van der Waals surface area contributed by atoms with Gasteiger partial charge in [0.25, 0.3) is 5.09 Å². The standard InChI is InChI=1S/C13H20N4O7.ClH/c18-10(4-15-13(19)7-2-1-3-14-7)16-8-5-22-12-9(24-17(20)21)6-23-11(8)12;/h7-9,11-12,14H,1-6H2,(H,15,19)(H,16,18);1H/t7-,8-,9-,11+,12+;/m0./s1. The molecule has 0 aromatic rings. The number of nitrogens with one attached hydrogen (secondary N) is 3. The third-order valence-corrected chi connectivity index (χ3v) is 4.38. The molecule has 0 saturated carbocycles. The maximum atomic E-state index is 12.0. The molecule has 0 spiro atoms. The van der Waals surface area contributed by atoms with Gasteiger partial charge in [-0.05, 0) is 19.4 Å². The molecule has 2 amide bonds. The second-order valence-electron chi connectivity index (χ2n) is 6.00. The quantitative estimate of drug-likeness (QED) is 0.359. The van der Waals surface area contributed by atoms with Crippen molar-refractivity contribution >= 4 is 24.2 Å². The SMILES string of the molecule is Cl.O=C(CNC(=O)[C@@H]1CCCN1)N[C@H]1CO[C@H]2[C@@H]1OC[C@@H]2O[N+](=O)[O-]. The van der Waals surface area contributed by atoms with Gasteiger partial charge in [-0.3, -0.25) is 9.59 Å². The van der Waals surface area contributed by atoms with Gasteiger partial charge in [0.2, 0.25) is 11.8 Å². The Labute approximate surface area is 149 Å². The van der Waals surface area contributed by atoms with Crippen LogP contribution in [0.25, 0.3) is 0 Å². The number of ether oxygens (including phenoxy) is 2. The molecule has 3 aliphatic rings. The molecule has 11 nitrogen and oxygen atoms in total. The largest absolute Gasteiger partial charge is 0.371 e. The highest BCUT2D eigenvalue weighted by molar-refractivity contribution is 5.87. The zero-order valence-corrected chi connectivity index (χ0v) is 14.2. The molecule has 3 rings (SSSR count). The van der Waals surface area contributed by atoms with Gasteiger partial charge in [0.05, 0.1) is 31.8 Å². The van der Waals surface area contributed by atoms with Gasteiger partial charge >= 0.3 is 0 Å². The number of fused-ring (bicyclic) bond motifs is 1. The van der Waals surface area contributed by atoms with Gasteiger partial charge in [-0.25, -0.2) is 0 Å². The molecule has 0 aromatic heterocycles. The summed E-state index contributed by atoms with van der Waals surface area (Å²) in [5, 5.41) is 17.9. The minimum atomic E-state index is -0.877. The fraction of sp³-hybridized carbons (Fsp3) is 0.846. The van der Waals surface area contributed by atoms with Crippen LogP contribution in [0.4, 0.5) is 0 Å². The van der Waals surface area contributed by atoms with Gasteiger partial charge < -0.3 is 30.3 Å². The van der Waals surface area contributed by atoms with Gasteiger partial charge in [0.15, 0.2) is 6.10 Å². The predicted molar refractivity (Wildman–Crippen MR) is 84.6 cm³/mol. The highest BCUT2D eigenvalue weighted by Gasteiger charge is 2.49. The van der Waals surface area contributed by atoms with Crippen molar-refractivity contribution in [3.05, 3.63) is 10.1 Å². The molecule has 0 radical (unpaired) electrons. The van der Waals surface area contributed by atoms with Crippen molar-refractivity contribution in [3.8, 4) is 0 Å². The van der Waals surface area contributed by atoms with Crippen molar-refractivity contribution in [1.29, 1.82) is 0 Å². The number of hydrogen-bond acceptors (Lipinski definition) is 8. The van der Waals surface area contributed by atoms with Crippen LogP contribution in [0.2, 0.25) is 0 Å². The highest BCUT2D eigenvalue weighted by Crippen LogP contribution is 2.28. The van der Waals surface area contributed by atoms with Crippen LogP contribution in [0.3, 0.4) is 0 Å². The van der Waals surface area contributed by atoms with Crippen molar-refractivity contribution in [2.45, 2.75) is 43.2 Å². The zero-order chi connectivity index (χ0) is 17.1. The average Bonchev–Trinajstić information content (AvgIpc) is 3.25. The zero-order valence-electron chi connectivity index (χ0n) is 13.3. The molecule has 3 aliphatic heterocycles. The third-order valence-electron chi connectivity index (χ3n) is 4.38. The van der Waals surface area contributed by atoms with E-state index in [0.29, 0.717) is 0 Å². The molecule has 3 heterocycles. The van der Waals surface area contributed by atoms with E-state index in [0.717, 1.165) is 19.4 Å². The van der Waals surface area contributed by atoms with E-state index in [9.17, 15) is 19.7 Å². The van der Waals surface area contributed by atoms with E-state index in [2.05, 4.69) is 20.8 Å². The number of rotatable bonds is 6. The van der Waals surface area contributed by atoms with E-state index >= 15 is 0 Å². The van der Waals surface area contributed by atoms with E-state index in [-0.39, 0.29) is 50.0 Å². The predicted octanol–water partition coefficient (Wildman–Crippen LogP) is -1.86. The Kier molecular flexibility index (Phi) is 6.76. The lowest BCUT2D eigenvalue weighted by Gasteiger charge is -2.18. The molecular formula is C13H21ClN4O7. The number of amides is 2. The van der Waals surface area contributed by atoms with Crippen LogP contribution >= 0.6 is 12.4 Å². The lowest BCUT2D eigenvalue weighted by molar-refractivity contribution is -0.769. The fourth-order valence-electron chi connectivity index (χ4n) is 3.25. The maximum Gasteiger partial charge on any atom is 0.294 e. The molecule has 3 saturated heterocycles. The van der Waals surface area contributed by atoms with Crippen molar-refractivity contribution in [2.24, 2.45) is 0 Å². The number of hydrogen-bond donors (Lipinski definition) is 3. The first kappa shape index (κ1) is 19.6. The first-order chi connectivity index (χ1) is 11.5. The van der Waals surface area contributed by atoms with Crippen LogP contribution in [-0.2, 0) is 23.9 Å². The Bertz CT molecular complexity index is 517. The summed E-state index contributed by atoms with van der Waals surface area (Å²) in [6.45, 7) is 0.876. The molecule has 5 atom stereocenters.